The molecule has 0 aliphatic heterocycles. The Bertz CT molecular complexity index is 510. The van der Waals surface area contributed by atoms with Crippen molar-refractivity contribution in [1.82, 2.24) is 4.98 Å². The largest absolute Gasteiger partial charge is 0.378 e. The molecule has 0 unspecified atom stereocenters. The van der Waals surface area contributed by atoms with Crippen molar-refractivity contribution >= 4 is 11.3 Å². The van der Waals surface area contributed by atoms with Gasteiger partial charge in [-0.3, -0.25) is 0 Å². The van der Waals surface area contributed by atoms with Crippen LogP contribution >= 0.6 is 11.3 Å². The van der Waals surface area contributed by atoms with Crippen molar-refractivity contribution in [2.24, 2.45) is 0 Å². The number of ether oxygens (including phenoxy) is 1. The number of aryl methyl sites for hydroxylation is 1. The van der Waals surface area contributed by atoms with Gasteiger partial charge in [-0.15, -0.1) is 11.3 Å². The average Bonchev–Trinajstić information content (AvgIpc) is 2.63. The van der Waals surface area contributed by atoms with E-state index in [1.54, 1.807) is 24.5 Å². The molecule has 2 nitrogen and oxygen atoms in total. The van der Waals surface area contributed by atoms with Gasteiger partial charge in [0.25, 0.3) is 0 Å². The summed E-state index contributed by atoms with van der Waals surface area (Å²) in [4.78, 5) is 5.50. The molecule has 0 aliphatic rings. The maximum absolute atomic E-state index is 13.5. The fourth-order valence-electron chi connectivity index (χ4n) is 1.65. The van der Waals surface area contributed by atoms with Gasteiger partial charge >= 0.3 is 0 Å². The molecule has 0 aliphatic carbocycles. The van der Waals surface area contributed by atoms with Crippen LogP contribution in [0.25, 0.3) is 0 Å². The minimum Gasteiger partial charge on any atom is -0.378 e. The quantitative estimate of drug-likeness (QED) is 0.831. The molecule has 0 spiro atoms. The molecule has 2 rings (SSSR count). The SMILES string of the molecule is COCc1nc(C)c(Cc2ccccc2F)s1. The van der Waals surface area contributed by atoms with Crippen molar-refractivity contribution in [1.29, 1.82) is 0 Å². The van der Waals surface area contributed by atoms with Crippen LogP contribution in [0.15, 0.2) is 24.3 Å². The first kappa shape index (κ1) is 12.2. The lowest BCUT2D eigenvalue weighted by Gasteiger charge is -2.00. The van der Waals surface area contributed by atoms with Gasteiger partial charge in [0.1, 0.15) is 10.8 Å². The van der Waals surface area contributed by atoms with Gasteiger partial charge in [-0.2, -0.15) is 0 Å². The molecular formula is C13H14FNOS. The number of methoxy groups -OCH3 is 1. The number of thiazole rings is 1. The van der Waals surface area contributed by atoms with Crippen molar-refractivity contribution in [3.05, 3.63) is 51.2 Å². The Labute approximate surface area is 104 Å². The van der Waals surface area contributed by atoms with E-state index in [0.717, 1.165) is 15.6 Å². The molecule has 4 heteroatoms. The second-order valence-electron chi connectivity index (χ2n) is 3.82. The fraction of sp³-hybridized carbons (Fsp3) is 0.308. The lowest BCUT2D eigenvalue weighted by atomic mass is 10.1. The van der Waals surface area contributed by atoms with E-state index < -0.39 is 0 Å². The highest BCUT2D eigenvalue weighted by atomic mass is 32.1. The topological polar surface area (TPSA) is 22.1 Å². The highest BCUT2D eigenvalue weighted by Crippen LogP contribution is 2.23. The highest BCUT2D eigenvalue weighted by Gasteiger charge is 2.10. The molecule has 0 radical (unpaired) electrons. The summed E-state index contributed by atoms with van der Waals surface area (Å²) in [7, 11) is 1.65. The van der Waals surface area contributed by atoms with Gasteiger partial charge in [0.05, 0.1) is 12.3 Å². The number of aromatic nitrogens is 1. The molecule has 17 heavy (non-hydrogen) atoms. The van der Waals surface area contributed by atoms with Gasteiger partial charge in [0, 0.05) is 18.4 Å². The zero-order chi connectivity index (χ0) is 12.3. The number of hydrogen-bond acceptors (Lipinski definition) is 3. The molecule has 0 saturated carbocycles. The molecule has 2 aromatic rings. The third-order valence-electron chi connectivity index (χ3n) is 2.51. The van der Waals surface area contributed by atoms with Gasteiger partial charge in [-0.25, -0.2) is 9.37 Å². The molecule has 1 aromatic carbocycles. The second-order valence-corrected chi connectivity index (χ2v) is 4.99. The molecule has 1 aromatic heterocycles. The first-order valence-electron chi connectivity index (χ1n) is 5.38. The lowest BCUT2D eigenvalue weighted by molar-refractivity contribution is 0.184. The average molecular weight is 251 g/mol. The molecular weight excluding hydrogens is 237 g/mol. The summed E-state index contributed by atoms with van der Waals surface area (Å²) in [5, 5.41) is 0.941. The Hall–Kier alpha value is -1.26. The molecule has 90 valence electrons. The van der Waals surface area contributed by atoms with Gasteiger partial charge in [-0.1, -0.05) is 18.2 Å². The van der Waals surface area contributed by atoms with Crippen LogP contribution in [0.5, 0.6) is 0 Å². The van der Waals surface area contributed by atoms with Crippen LogP contribution in [0, 0.1) is 12.7 Å². The number of rotatable bonds is 4. The summed E-state index contributed by atoms with van der Waals surface area (Å²) in [6.45, 7) is 2.47. The van der Waals surface area contributed by atoms with Gasteiger partial charge in [0.2, 0.25) is 0 Å². The molecule has 0 atom stereocenters. The highest BCUT2D eigenvalue weighted by molar-refractivity contribution is 7.11. The zero-order valence-corrected chi connectivity index (χ0v) is 10.7. The maximum Gasteiger partial charge on any atom is 0.126 e. The number of benzene rings is 1. The molecule has 0 saturated heterocycles. The summed E-state index contributed by atoms with van der Waals surface area (Å²) in [5.41, 5.74) is 1.67. The Kier molecular flexibility index (Phi) is 3.86. The normalized spacial score (nSPS) is 10.8. The zero-order valence-electron chi connectivity index (χ0n) is 9.87. The fourth-order valence-corrected chi connectivity index (χ4v) is 2.72. The summed E-state index contributed by atoms with van der Waals surface area (Å²) < 4.78 is 18.6. The van der Waals surface area contributed by atoms with Crippen LogP contribution in [0.3, 0.4) is 0 Å². The van der Waals surface area contributed by atoms with E-state index in [0.29, 0.717) is 18.6 Å². The van der Waals surface area contributed by atoms with Crippen molar-refractivity contribution in [3.8, 4) is 0 Å². The van der Waals surface area contributed by atoms with Gasteiger partial charge in [0.15, 0.2) is 0 Å². The van der Waals surface area contributed by atoms with E-state index >= 15 is 0 Å². The summed E-state index contributed by atoms with van der Waals surface area (Å²) >= 11 is 1.58. The molecule has 0 N–H and O–H groups in total. The standard InChI is InChI=1S/C13H14FNOS/c1-9-12(17-13(15-9)8-16-2)7-10-5-3-4-6-11(10)14/h3-6H,7-8H2,1-2H3. The number of halogens is 1. The van der Waals surface area contributed by atoms with Gasteiger partial charge < -0.3 is 4.74 Å². The summed E-state index contributed by atoms with van der Waals surface area (Å²) in [6.07, 6.45) is 0.597. The summed E-state index contributed by atoms with van der Waals surface area (Å²) in [6, 6.07) is 6.85. The Morgan fingerprint density at radius 2 is 2.12 bits per heavy atom. The number of nitrogens with zero attached hydrogens (tertiary/aromatic N) is 1. The van der Waals surface area contributed by atoms with Crippen LogP contribution in [0.2, 0.25) is 0 Å². The third kappa shape index (κ3) is 2.90. The van der Waals surface area contributed by atoms with Crippen LogP contribution in [0.1, 0.15) is 21.1 Å². The van der Waals surface area contributed by atoms with E-state index in [1.165, 1.54) is 6.07 Å². The van der Waals surface area contributed by atoms with Crippen molar-refractivity contribution in [3.63, 3.8) is 0 Å². The first-order valence-corrected chi connectivity index (χ1v) is 6.20. The van der Waals surface area contributed by atoms with Gasteiger partial charge in [-0.05, 0) is 18.6 Å². The van der Waals surface area contributed by atoms with E-state index in [4.69, 9.17) is 4.74 Å². The second kappa shape index (κ2) is 5.38. The van der Waals surface area contributed by atoms with E-state index in [2.05, 4.69) is 4.98 Å². The van der Waals surface area contributed by atoms with E-state index in [-0.39, 0.29) is 5.82 Å². The Morgan fingerprint density at radius 1 is 1.35 bits per heavy atom. The predicted octanol–water partition coefficient (Wildman–Crippen LogP) is 3.33. The minimum absolute atomic E-state index is 0.159. The minimum atomic E-state index is -0.159. The molecule has 0 bridgehead atoms. The lowest BCUT2D eigenvalue weighted by Crippen LogP contribution is -1.91. The van der Waals surface area contributed by atoms with Crippen LogP contribution < -0.4 is 0 Å². The summed E-state index contributed by atoms with van der Waals surface area (Å²) in [5.74, 6) is -0.159. The monoisotopic (exact) mass is 251 g/mol. The van der Waals surface area contributed by atoms with Crippen molar-refractivity contribution in [2.75, 3.05) is 7.11 Å². The van der Waals surface area contributed by atoms with Crippen LogP contribution in [0.4, 0.5) is 4.39 Å². The van der Waals surface area contributed by atoms with E-state index in [9.17, 15) is 4.39 Å². The predicted molar refractivity (Wildman–Crippen MR) is 66.8 cm³/mol. The first-order chi connectivity index (χ1) is 8.20. The smallest absolute Gasteiger partial charge is 0.126 e. The molecule has 0 fully saturated rings. The molecule has 0 amide bonds. The third-order valence-corrected chi connectivity index (χ3v) is 3.64. The van der Waals surface area contributed by atoms with Crippen molar-refractivity contribution in [2.45, 2.75) is 20.0 Å². The Morgan fingerprint density at radius 3 is 2.82 bits per heavy atom. The Balaban J connectivity index is 2.21. The van der Waals surface area contributed by atoms with E-state index in [1.807, 2.05) is 19.1 Å². The molecule has 1 heterocycles. The maximum atomic E-state index is 13.5. The van der Waals surface area contributed by atoms with Crippen LogP contribution in [-0.4, -0.2) is 12.1 Å². The number of hydrogen-bond donors (Lipinski definition) is 0. The van der Waals surface area contributed by atoms with Crippen LogP contribution in [-0.2, 0) is 17.8 Å². The van der Waals surface area contributed by atoms with Crippen molar-refractivity contribution < 1.29 is 9.13 Å².